The first-order valence-corrected chi connectivity index (χ1v) is 13.7. The molecule has 2 saturated heterocycles. The summed E-state index contributed by atoms with van der Waals surface area (Å²) in [5, 5.41) is 2.93. The fourth-order valence-electron chi connectivity index (χ4n) is 5.16. The van der Waals surface area contributed by atoms with Crippen LogP contribution in [0.15, 0.2) is 4.51 Å². The summed E-state index contributed by atoms with van der Waals surface area (Å²) in [7, 11) is 2.05. The van der Waals surface area contributed by atoms with Crippen LogP contribution in [0.5, 0.6) is 0 Å². The number of carbonyl (C=O) groups is 2. The molecule has 8 nitrogen and oxygen atoms in total. The Morgan fingerprint density at radius 3 is 1.97 bits per heavy atom. The summed E-state index contributed by atoms with van der Waals surface area (Å²) < 4.78 is 3.35. The molecule has 2 fully saturated rings. The Hall–Kier alpha value is -1.54. The lowest BCUT2D eigenvalue weighted by molar-refractivity contribution is -0.133. The Morgan fingerprint density at radius 1 is 0.941 bits per heavy atom. The molecule has 0 spiro atoms. The minimum absolute atomic E-state index is 0.240. The van der Waals surface area contributed by atoms with E-state index in [1.54, 1.807) is 0 Å². The SMILES string of the molecule is CCCC(=O)N1CCC(CCCC2CCN(C(=O)CCN(C)CCCN/C(N)=N\Cl)CC2)CC1. The highest BCUT2D eigenvalue weighted by Gasteiger charge is 2.24. The van der Waals surface area contributed by atoms with Crippen LogP contribution < -0.4 is 11.1 Å². The lowest BCUT2D eigenvalue weighted by atomic mass is 9.86. The van der Waals surface area contributed by atoms with Crippen LogP contribution in [0.4, 0.5) is 0 Å². The van der Waals surface area contributed by atoms with Crippen molar-refractivity contribution in [3.63, 3.8) is 0 Å². The second kappa shape index (κ2) is 16.2. The molecule has 2 rings (SSSR count). The third kappa shape index (κ3) is 10.8. The Balaban J connectivity index is 1.51. The molecule has 2 heterocycles. The monoisotopic (exact) mass is 498 g/mol. The number of amides is 2. The zero-order chi connectivity index (χ0) is 24.8. The summed E-state index contributed by atoms with van der Waals surface area (Å²) in [4.78, 5) is 31.0. The second-order valence-corrected chi connectivity index (χ2v) is 10.3. The fraction of sp³-hybridized carbons (Fsp3) is 0.880. The average molecular weight is 499 g/mol. The summed E-state index contributed by atoms with van der Waals surface area (Å²) in [6, 6.07) is 0. The highest BCUT2D eigenvalue weighted by Crippen LogP contribution is 2.27. The number of hydrogen-bond donors (Lipinski definition) is 2. The van der Waals surface area contributed by atoms with E-state index in [0.29, 0.717) is 25.3 Å². The maximum absolute atomic E-state index is 12.6. The molecule has 0 aromatic rings. The van der Waals surface area contributed by atoms with Crippen LogP contribution in [0.1, 0.15) is 77.6 Å². The van der Waals surface area contributed by atoms with Gasteiger partial charge in [0, 0.05) is 63.9 Å². The summed E-state index contributed by atoms with van der Waals surface area (Å²) in [5.41, 5.74) is 5.49. The molecule has 3 N–H and O–H groups in total. The lowest BCUT2D eigenvalue weighted by Gasteiger charge is -2.34. The van der Waals surface area contributed by atoms with E-state index in [2.05, 4.69) is 31.5 Å². The van der Waals surface area contributed by atoms with Gasteiger partial charge in [-0.1, -0.05) is 26.2 Å². The minimum atomic E-state index is 0.240. The van der Waals surface area contributed by atoms with Crippen molar-refractivity contribution >= 4 is 29.6 Å². The zero-order valence-electron chi connectivity index (χ0n) is 21.4. The van der Waals surface area contributed by atoms with Crippen molar-refractivity contribution in [1.82, 2.24) is 20.0 Å². The number of rotatable bonds is 13. The maximum Gasteiger partial charge on any atom is 0.223 e. The molecule has 0 saturated carbocycles. The summed E-state index contributed by atoms with van der Waals surface area (Å²) in [5.74, 6) is 2.40. The van der Waals surface area contributed by atoms with Gasteiger partial charge < -0.3 is 25.8 Å². The summed E-state index contributed by atoms with van der Waals surface area (Å²) >= 11 is 5.28. The first kappa shape index (κ1) is 28.7. The molecule has 196 valence electrons. The molecule has 0 radical (unpaired) electrons. The fourth-order valence-corrected chi connectivity index (χ4v) is 5.22. The molecule has 0 aromatic carbocycles. The first-order chi connectivity index (χ1) is 16.4. The van der Waals surface area contributed by atoms with Gasteiger partial charge in [-0.05, 0) is 64.0 Å². The molecule has 0 aliphatic carbocycles. The third-order valence-corrected chi connectivity index (χ3v) is 7.63. The maximum atomic E-state index is 12.6. The van der Waals surface area contributed by atoms with E-state index in [1.807, 2.05) is 7.05 Å². The van der Waals surface area contributed by atoms with Crippen LogP contribution in [-0.2, 0) is 9.59 Å². The van der Waals surface area contributed by atoms with Gasteiger partial charge in [-0.25, -0.2) is 0 Å². The average Bonchev–Trinajstić information content (AvgIpc) is 2.86. The number of hydrogen-bond acceptors (Lipinski definition) is 4. The van der Waals surface area contributed by atoms with Gasteiger partial charge in [0.05, 0.1) is 0 Å². The predicted octanol–water partition coefficient (Wildman–Crippen LogP) is 3.20. The molecule has 2 amide bonds. The number of piperidine rings is 2. The number of carbonyl (C=O) groups excluding carboxylic acids is 2. The number of guanidine groups is 1. The number of nitrogens with two attached hydrogens (primary N) is 1. The summed E-state index contributed by atoms with van der Waals surface area (Å²) in [6.07, 6.45) is 11.6. The van der Waals surface area contributed by atoms with Crippen molar-refractivity contribution in [3.8, 4) is 0 Å². The van der Waals surface area contributed by atoms with E-state index in [-0.39, 0.29) is 11.9 Å². The van der Waals surface area contributed by atoms with Gasteiger partial charge in [-0.3, -0.25) is 9.59 Å². The lowest BCUT2D eigenvalue weighted by Crippen LogP contribution is -2.40. The minimum Gasteiger partial charge on any atom is -0.369 e. The van der Waals surface area contributed by atoms with Crippen molar-refractivity contribution < 1.29 is 9.59 Å². The molecule has 0 aromatic heterocycles. The third-order valence-electron chi connectivity index (χ3n) is 7.44. The van der Waals surface area contributed by atoms with Crippen molar-refractivity contribution in [1.29, 1.82) is 0 Å². The van der Waals surface area contributed by atoms with Gasteiger partial charge >= 0.3 is 0 Å². The molecule has 9 heteroatoms. The number of nitrogens with one attached hydrogen (secondary N) is 1. The van der Waals surface area contributed by atoms with E-state index >= 15 is 0 Å². The van der Waals surface area contributed by atoms with Gasteiger partial charge in [-0.15, -0.1) is 4.51 Å². The molecule has 2 aliphatic heterocycles. The molecule has 0 unspecified atom stereocenters. The van der Waals surface area contributed by atoms with E-state index in [9.17, 15) is 9.59 Å². The Labute approximate surface area is 211 Å². The van der Waals surface area contributed by atoms with E-state index in [1.165, 1.54) is 32.1 Å². The Bertz CT molecular complexity index is 631. The van der Waals surface area contributed by atoms with Gasteiger partial charge in [0.25, 0.3) is 0 Å². The molecule has 0 atom stereocenters. The quantitative estimate of drug-likeness (QED) is 0.231. The van der Waals surface area contributed by atoms with Gasteiger partial charge in [0.2, 0.25) is 17.8 Å². The highest BCUT2D eigenvalue weighted by atomic mass is 35.5. The van der Waals surface area contributed by atoms with Crippen LogP contribution in [0.25, 0.3) is 0 Å². The van der Waals surface area contributed by atoms with Crippen molar-refractivity contribution in [3.05, 3.63) is 0 Å². The molecule has 34 heavy (non-hydrogen) atoms. The van der Waals surface area contributed by atoms with Crippen LogP contribution in [0.2, 0.25) is 0 Å². The number of nitrogens with zero attached hydrogens (tertiary/aromatic N) is 4. The first-order valence-electron chi connectivity index (χ1n) is 13.3. The highest BCUT2D eigenvalue weighted by molar-refractivity contribution is 6.19. The predicted molar refractivity (Wildman–Crippen MR) is 140 cm³/mol. The van der Waals surface area contributed by atoms with Gasteiger partial charge in [0.1, 0.15) is 0 Å². The van der Waals surface area contributed by atoms with Crippen LogP contribution in [-0.4, -0.2) is 85.3 Å². The van der Waals surface area contributed by atoms with Crippen molar-refractivity contribution in [2.45, 2.75) is 77.6 Å². The van der Waals surface area contributed by atoms with Crippen LogP contribution in [0, 0.1) is 11.8 Å². The topological polar surface area (TPSA) is 94.3 Å². The van der Waals surface area contributed by atoms with Crippen LogP contribution in [0.3, 0.4) is 0 Å². The molecular weight excluding hydrogens is 452 g/mol. The second-order valence-electron chi connectivity index (χ2n) is 10.1. The van der Waals surface area contributed by atoms with E-state index < -0.39 is 0 Å². The van der Waals surface area contributed by atoms with Gasteiger partial charge in [0.15, 0.2) is 0 Å². The smallest absolute Gasteiger partial charge is 0.223 e. The zero-order valence-corrected chi connectivity index (χ0v) is 22.2. The van der Waals surface area contributed by atoms with Gasteiger partial charge in [-0.2, -0.15) is 0 Å². The Kier molecular flexibility index (Phi) is 13.7. The van der Waals surface area contributed by atoms with Crippen molar-refractivity contribution in [2.24, 2.45) is 22.1 Å². The number of halogens is 1. The summed E-state index contributed by atoms with van der Waals surface area (Å²) in [6.45, 7) is 8.18. The van der Waals surface area contributed by atoms with E-state index in [4.69, 9.17) is 17.5 Å². The molecular formula is C25H47ClN6O2. The van der Waals surface area contributed by atoms with Crippen molar-refractivity contribution in [2.75, 3.05) is 52.9 Å². The number of likely N-dealkylation sites (tertiary alicyclic amines) is 2. The van der Waals surface area contributed by atoms with E-state index in [0.717, 1.165) is 76.8 Å². The molecule has 2 aliphatic rings. The normalized spacial score (nSPS) is 18.5. The van der Waals surface area contributed by atoms with Crippen LogP contribution >= 0.6 is 11.8 Å². The standard InChI is InChI=1S/C25H47ClN6O2/c1-3-6-23(33)31-17-9-21(10-18-31)7-4-8-22-11-19-32(20-12-22)24(34)13-16-30(2)15-5-14-28-25(27)29-26/h21-22H,3-20H2,1-2H3,(H3,27,28,29). The Morgan fingerprint density at radius 2 is 1.47 bits per heavy atom. The largest absolute Gasteiger partial charge is 0.369 e. The molecule has 0 bridgehead atoms.